The van der Waals surface area contributed by atoms with Crippen LogP contribution in [0.15, 0.2) is 77.8 Å². The largest absolute Gasteiger partial charge is 0.485 e. The quantitative estimate of drug-likeness (QED) is 0.630. The van der Waals surface area contributed by atoms with Crippen molar-refractivity contribution in [3.63, 3.8) is 0 Å². The topological polar surface area (TPSA) is 85.4 Å². The summed E-state index contributed by atoms with van der Waals surface area (Å²) in [7, 11) is -3.87. The molecule has 0 unspecified atom stereocenters. The molecule has 27 heavy (non-hydrogen) atoms. The van der Waals surface area contributed by atoms with E-state index in [1.807, 2.05) is 30.3 Å². The number of ether oxygens (including phenoxy) is 1. The molecule has 0 atom stereocenters. The monoisotopic (exact) mass is 382 g/mol. The maximum Gasteiger partial charge on any atom is 0.263 e. The van der Waals surface area contributed by atoms with Crippen molar-refractivity contribution in [1.29, 1.82) is 0 Å². The number of nitrogens with zero attached hydrogens (tertiary/aromatic N) is 1. The Kier molecular flexibility index (Phi) is 5.52. The zero-order valence-electron chi connectivity index (χ0n) is 14.6. The number of rotatable bonds is 7. The fourth-order valence-corrected chi connectivity index (χ4v) is 3.39. The lowest BCUT2D eigenvalue weighted by molar-refractivity contribution is 0.101. The summed E-state index contributed by atoms with van der Waals surface area (Å²) in [5.74, 6) is 0.294. The second kappa shape index (κ2) is 8.01. The Hall–Kier alpha value is -3.19. The summed E-state index contributed by atoms with van der Waals surface area (Å²) in [6, 6.07) is 18.6. The molecule has 2 aromatic carbocycles. The van der Waals surface area contributed by atoms with Gasteiger partial charge in [-0.1, -0.05) is 42.5 Å². The number of ketones is 1. The Morgan fingerprint density at radius 1 is 1.00 bits per heavy atom. The van der Waals surface area contributed by atoms with Crippen molar-refractivity contribution >= 4 is 21.6 Å². The Morgan fingerprint density at radius 3 is 2.37 bits per heavy atom. The zero-order chi connectivity index (χ0) is 19.3. The first-order valence-corrected chi connectivity index (χ1v) is 9.69. The van der Waals surface area contributed by atoms with Crippen LogP contribution in [0.1, 0.15) is 22.8 Å². The van der Waals surface area contributed by atoms with E-state index in [4.69, 9.17) is 4.74 Å². The van der Waals surface area contributed by atoms with Crippen LogP contribution in [0.25, 0.3) is 0 Å². The molecule has 1 heterocycles. The van der Waals surface area contributed by atoms with E-state index in [2.05, 4.69) is 9.71 Å². The summed E-state index contributed by atoms with van der Waals surface area (Å²) in [6.07, 6.45) is 1.48. The molecule has 138 valence electrons. The van der Waals surface area contributed by atoms with Crippen LogP contribution in [-0.4, -0.2) is 19.2 Å². The van der Waals surface area contributed by atoms with Crippen LogP contribution >= 0.6 is 0 Å². The van der Waals surface area contributed by atoms with Gasteiger partial charge in [-0.3, -0.25) is 9.52 Å². The van der Waals surface area contributed by atoms with Crippen molar-refractivity contribution in [2.45, 2.75) is 18.4 Å². The minimum Gasteiger partial charge on any atom is -0.485 e. The van der Waals surface area contributed by atoms with Gasteiger partial charge >= 0.3 is 0 Å². The van der Waals surface area contributed by atoms with E-state index in [1.165, 1.54) is 37.4 Å². The fraction of sp³-hybridized carbons (Fsp3) is 0.100. The van der Waals surface area contributed by atoms with E-state index < -0.39 is 10.0 Å². The average Bonchev–Trinajstić information content (AvgIpc) is 2.68. The Morgan fingerprint density at radius 2 is 1.70 bits per heavy atom. The van der Waals surface area contributed by atoms with Crippen molar-refractivity contribution in [3.8, 4) is 5.75 Å². The number of anilines is 1. The number of aromatic nitrogens is 1. The second-order valence-corrected chi connectivity index (χ2v) is 7.49. The van der Waals surface area contributed by atoms with Gasteiger partial charge in [0.2, 0.25) is 0 Å². The molecule has 0 aliphatic rings. The minimum atomic E-state index is -3.87. The van der Waals surface area contributed by atoms with Gasteiger partial charge in [-0.2, -0.15) is 0 Å². The van der Waals surface area contributed by atoms with E-state index in [0.29, 0.717) is 11.3 Å². The van der Waals surface area contributed by atoms with Gasteiger partial charge in [0, 0.05) is 11.8 Å². The lowest BCUT2D eigenvalue weighted by atomic mass is 10.2. The highest BCUT2D eigenvalue weighted by Gasteiger charge is 2.18. The third-order valence-corrected chi connectivity index (χ3v) is 5.16. The van der Waals surface area contributed by atoms with Gasteiger partial charge in [-0.25, -0.2) is 13.4 Å². The lowest BCUT2D eigenvalue weighted by Crippen LogP contribution is -2.15. The van der Waals surface area contributed by atoms with Gasteiger partial charge in [0.05, 0.1) is 4.90 Å². The summed E-state index contributed by atoms with van der Waals surface area (Å²) in [6.45, 7) is 1.71. The highest BCUT2D eigenvalue weighted by molar-refractivity contribution is 7.92. The molecule has 1 aromatic heterocycles. The van der Waals surface area contributed by atoms with E-state index in [-0.39, 0.29) is 23.1 Å². The van der Waals surface area contributed by atoms with Gasteiger partial charge < -0.3 is 4.74 Å². The van der Waals surface area contributed by atoms with Gasteiger partial charge in [-0.05, 0) is 36.8 Å². The molecule has 0 saturated heterocycles. The second-order valence-electron chi connectivity index (χ2n) is 5.81. The van der Waals surface area contributed by atoms with E-state index >= 15 is 0 Å². The Balaban J connectivity index is 1.79. The number of hydrogen-bond donors (Lipinski definition) is 1. The third kappa shape index (κ3) is 4.71. The van der Waals surface area contributed by atoms with E-state index in [9.17, 15) is 13.2 Å². The molecule has 3 rings (SSSR count). The molecule has 0 fully saturated rings. The standard InChI is InChI=1S/C20H18N2O4S/c1-15(23)17-9-11-18(12-10-17)27(24,25)22-20-19(8-5-13-21-20)26-14-16-6-3-2-4-7-16/h2-13H,14H2,1H3,(H,21,22). The van der Waals surface area contributed by atoms with Crippen LogP contribution in [-0.2, 0) is 16.6 Å². The third-order valence-electron chi connectivity index (χ3n) is 3.81. The molecule has 3 aromatic rings. The summed E-state index contributed by atoms with van der Waals surface area (Å²) >= 11 is 0. The average molecular weight is 382 g/mol. The molecule has 0 bridgehead atoms. The van der Waals surface area contributed by atoms with E-state index in [1.54, 1.807) is 12.1 Å². The number of nitrogens with one attached hydrogen (secondary N) is 1. The summed E-state index contributed by atoms with van der Waals surface area (Å²) in [5.41, 5.74) is 1.40. The molecule has 0 amide bonds. The van der Waals surface area contributed by atoms with Crippen LogP contribution in [0.4, 0.5) is 5.82 Å². The van der Waals surface area contributed by atoms with Crippen LogP contribution < -0.4 is 9.46 Å². The molecular formula is C20H18N2O4S. The van der Waals surface area contributed by atoms with Crippen LogP contribution in [0.5, 0.6) is 5.75 Å². The Labute approximate surface area is 157 Å². The molecule has 7 heteroatoms. The zero-order valence-corrected chi connectivity index (χ0v) is 15.4. The maximum atomic E-state index is 12.6. The SMILES string of the molecule is CC(=O)c1ccc(S(=O)(=O)Nc2ncccc2OCc2ccccc2)cc1. The normalized spacial score (nSPS) is 11.0. The predicted octanol–water partition coefficient (Wildman–Crippen LogP) is 3.66. The number of carbonyl (C=O) groups is 1. The molecule has 6 nitrogen and oxygen atoms in total. The van der Waals surface area contributed by atoms with Gasteiger partial charge in [0.25, 0.3) is 10.0 Å². The number of sulfonamides is 1. The molecule has 0 radical (unpaired) electrons. The van der Waals surface area contributed by atoms with E-state index in [0.717, 1.165) is 5.56 Å². The number of hydrogen-bond acceptors (Lipinski definition) is 5. The number of carbonyl (C=O) groups excluding carboxylic acids is 1. The number of pyridine rings is 1. The summed E-state index contributed by atoms with van der Waals surface area (Å²) < 4.78 is 33.4. The van der Waals surface area contributed by atoms with Crippen LogP contribution in [0.2, 0.25) is 0 Å². The number of Topliss-reactive ketones (excluding diaryl/α,β-unsaturated/α-hetero) is 1. The highest BCUT2D eigenvalue weighted by atomic mass is 32.2. The van der Waals surface area contributed by atoms with Crippen LogP contribution in [0.3, 0.4) is 0 Å². The van der Waals surface area contributed by atoms with Gasteiger partial charge in [0.15, 0.2) is 17.4 Å². The smallest absolute Gasteiger partial charge is 0.263 e. The number of benzene rings is 2. The maximum absolute atomic E-state index is 12.6. The van der Waals surface area contributed by atoms with Crippen molar-refractivity contribution in [3.05, 3.63) is 84.1 Å². The molecular weight excluding hydrogens is 364 g/mol. The van der Waals surface area contributed by atoms with Gasteiger partial charge in [-0.15, -0.1) is 0 Å². The molecule has 0 saturated carbocycles. The van der Waals surface area contributed by atoms with Crippen LogP contribution in [0, 0.1) is 0 Å². The molecule has 0 aliphatic carbocycles. The van der Waals surface area contributed by atoms with Crippen molar-refractivity contribution in [2.24, 2.45) is 0 Å². The first-order valence-electron chi connectivity index (χ1n) is 8.21. The van der Waals surface area contributed by atoms with Crippen molar-refractivity contribution in [1.82, 2.24) is 4.98 Å². The summed E-state index contributed by atoms with van der Waals surface area (Å²) in [5, 5.41) is 0. The molecule has 0 aliphatic heterocycles. The summed E-state index contributed by atoms with van der Waals surface area (Å²) in [4.78, 5) is 15.5. The van der Waals surface area contributed by atoms with Crippen molar-refractivity contribution in [2.75, 3.05) is 4.72 Å². The molecule has 0 spiro atoms. The Bertz CT molecular complexity index is 1030. The first kappa shape index (κ1) is 18.6. The lowest BCUT2D eigenvalue weighted by Gasteiger charge is -2.13. The molecule has 1 N–H and O–H groups in total. The van der Waals surface area contributed by atoms with Crippen molar-refractivity contribution < 1.29 is 17.9 Å². The first-order chi connectivity index (χ1) is 13.0. The fourth-order valence-electron chi connectivity index (χ4n) is 2.37. The predicted molar refractivity (Wildman–Crippen MR) is 102 cm³/mol. The minimum absolute atomic E-state index is 0.0344. The van der Waals surface area contributed by atoms with Gasteiger partial charge in [0.1, 0.15) is 6.61 Å². The highest BCUT2D eigenvalue weighted by Crippen LogP contribution is 2.25.